The Bertz CT molecular complexity index is 64.9. The summed E-state index contributed by atoms with van der Waals surface area (Å²) >= 11 is 0. The number of hydrogen-bond donors (Lipinski definition) is 2. The van der Waals surface area contributed by atoms with E-state index in [9.17, 15) is 0 Å². The van der Waals surface area contributed by atoms with Crippen molar-refractivity contribution in [2.24, 2.45) is 11.5 Å². The average Bonchev–Trinajstić information content (AvgIpc) is 1.64. The summed E-state index contributed by atoms with van der Waals surface area (Å²) in [4.78, 5) is 0. The van der Waals surface area contributed by atoms with Gasteiger partial charge in [0.15, 0.2) is 0 Å². The van der Waals surface area contributed by atoms with Crippen molar-refractivity contribution >= 4 is 0 Å². The third kappa shape index (κ3) is 1.46. The zero-order valence-corrected chi connectivity index (χ0v) is 5.01. The zero-order chi connectivity index (χ0) is 5.98. The SMILES string of the molecule is NC1[CH]C(N)CCC1. The number of rotatable bonds is 0. The van der Waals surface area contributed by atoms with E-state index in [0.29, 0.717) is 0 Å². The Hall–Kier alpha value is -0.0800. The molecule has 1 fully saturated rings. The molecule has 2 atom stereocenters. The van der Waals surface area contributed by atoms with Crippen LogP contribution in [0, 0.1) is 6.42 Å². The first-order chi connectivity index (χ1) is 3.79. The van der Waals surface area contributed by atoms with E-state index < -0.39 is 0 Å². The minimum atomic E-state index is 0.263. The van der Waals surface area contributed by atoms with Gasteiger partial charge in [-0.2, -0.15) is 0 Å². The predicted octanol–water partition coefficient (Wildman–Crippen LogP) is 0.0292. The van der Waals surface area contributed by atoms with Crippen LogP contribution in [-0.2, 0) is 0 Å². The molecule has 2 unspecified atom stereocenters. The maximum absolute atomic E-state index is 5.59. The van der Waals surface area contributed by atoms with Gasteiger partial charge in [-0.05, 0) is 19.3 Å². The molecule has 0 aromatic rings. The van der Waals surface area contributed by atoms with E-state index in [4.69, 9.17) is 11.5 Å². The summed E-state index contributed by atoms with van der Waals surface area (Å²) in [5.41, 5.74) is 11.2. The normalized spacial score (nSPS) is 39.8. The van der Waals surface area contributed by atoms with Crippen LogP contribution in [-0.4, -0.2) is 12.1 Å². The molecule has 0 saturated heterocycles. The summed E-state index contributed by atoms with van der Waals surface area (Å²) in [6, 6.07) is 0.525. The molecule has 1 radical (unpaired) electrons. The van der Waals surface area contributed by atoms with Crippen molar-refractivity contribution in [3.8, 4) is 0 Å². The molecule has 1 rings (SSSR count). The lowest BCUT2D eigenvalue weighted by Crippen LogP contribution is -2.36. The fraction of sp³-hybridized carbons (Fsp3) is 0.833. The van der Waals surface area contributed by atoms with Gasteiger partial charge in [0.2, 0.25) is 0 Å². The van der Waals surface area contributed by atoms with E-state index >= 15 is 0 Å². The van der Waals surface area contributed by atoms with E-state index in [0.717, 1.165) is 12.8 Å². The van der Waals surface area contributed by atoms with Crippen molar-refractivity contribution in [3.05, 3.63) is 6.42 Å². The second-order valence-electron chi connectivity index (χ2n) is 2.45. The second-order valence-corrected chi connectivity index (χ2v) is 2.45. The third-order valence-corrected chi connectivity index (χ3v) is 1.57. The van der Waals surface area contributed by atoms with Crippen LogP contribution in [0.5, 0.6) is 0 Å². The van der Waals surface area contributed by atoms with Gasteiger partial charge in [-0.1, -0.05) is 6.42 Å². The molecule has 0 bridgehead atoms. The highest BCUT2D eigenvalue weighted by Crippen LogP contribution is 2.13. The van der Waals surface area contributed by atoms with Crippen LogP contribution >= 0.6 is 0 Å². The first-order valence-electron chi connectivity index (χ1n) is 3.15. The summed E-state index contributed by atoms with van der Waals surface area (Å²) in [6.45, 7) is 0. The molecule has 4 N–H and O–H groups in total. The lowest BCUT2D eigenvalue weighted by Gasteiger charge is -2.22. The van der Waals surface area contributed by atoms with Gasteiger partial charge in [0.25, 0.3) is 0 Å². The lowest BCUT2D eigenvalue weighted by atomic mass is 9.92. The van der Waals surface area contributed by atoms with E-state index in [1.54, 1.807) is 0 Å². The fourth-order valence-corrected chi connectivity index (χ4v) is 1.10. The molecule has 2 nitrogen and oxygen atoms in total. The molecule has 2 heteroatoms. The largest absolute Gasteiger partial charge is 0.327 e. The second kappa shape index (κ2) is 2.46. The summed E-state index contributed by atoms with van der Waals surface area (Å²) in [6.07, 6.45) is 5.46. The Morgan fingerprint density at radius 3 is 1.88 bits per heavy atom. The Balaban J connectivity index is 2.23. The van der Waals surface area contributed by atoms with E-state index in [1.807, 2.05) is 6.42 Å². The molecule has 1 aliphatic rings. The van der Waals surface area contributed by atoms with Crippen LogP contribution < -0.4 is 11.5 Å². The molecular weight excluding hydrogens is 100 g/mol. The van der Waals surface area contributed by atoms with Gasteiger partial charge in [0.05, 0.1) is 0 Å². The van der Waals surface area contributed by atoms with Gasteiger partial charge in [-0.15, -0.1) is 0 Å². The quantitative estimate of drug-likeness (QED) is 0.465. The first-order valence-corrected chi connectivity index (χ1v) is 3.15. The van der Waals surface area contributed by atoms with E-state index in [1.165, 1.54) is 6.42 Å². The van der Waals surface area contributed by atoms with Crippen molar-refractivity contribution in [1.29, 1.82) is 0 Å². The van der Waals surface area contributed by atoms with Crippen molar-refractivity contribution in [3.63, 3.8) is 0 Å². The van der Waals surface area contributed by atoms with Crippen molar-refractivity contribution in [2.75, 3.05) is 0 Å². The molecule has 0 aromatic carbocycles. The van der Waals surface area contributed by atoms with Crippen LogP contribution in [0.3, 0.4) is 0 Å². The molecule has 8 heavy (non-hydrogen) atoms. The molecule has 47 valence electrons. The number of hydrogen-bond acceptors (Lipinski definition) is 2. The van der Waals surface area contributed by atoms with Gasteiger partial charge >= 0.3 is 0 Å². The monoisotopic (exact) mass is 113 g/mol. The minimum Gasteiger partial charge on any atom is -0.327 e. The summed E-state index contributed by atoms with van der Waals surface area (Å²) in [5, 5.41) is 0. The highest BCUT2D eigenvalue weighted by atomic mass is 14.7. The third-order valence-electron chi connectivity index (χ3n) is 1.57. The molecule has 0 heterocycles. The molecule has 0 aliphatic heterocycles. The van der Waals surface area contributed by atoms with Crippen LogP contribution in [0.15, 0.2) is 0 Å². The zero-order valence-electron chi connectivity index (χ0n) is 5.01. The maximum atomic E-state index is 5.59. The number of nitrogens with two attached hydrogens (primary N) is 2. The fourth-order valence-electron chi connectivity index (χ4n) is 1.10. The van der Waals surface area contributed by atoms with Gasteiger partial charge in [-0.25, -0.2) is 0 Å². The topological polar surface area (TPSA) is 52.0 Å². The van der Waals surface area contributed by atoms with Gasteiger partial charge in [-0.3, -0.25) is 0 Å². The Morgan fingerprint density at radius 1 is 1.12 bits per heavy atom. The van der Waals surface area contributed by atoms with Crippen molar-refractivity contribution < 1.29 is 0 Å². The first kappa shape index (κ1) is 6.05. The Labute approximate surface area is 50.2 Å². The van der Waals surface area contributed by atoms with Gasteiger partial charge < -0.3 is 11.5 Å². The summed E-state index contributed by atoms with van der Waals surface area (Å²) in [5.74, 6) is 0. The van der Waals surface area contributed by atoms with Crippen molar-refractivity contribution in [1.82, 2.24) is 0 Å². The molecule has 0 amide bonds. The smallest absolute Gasteiger partial charge is 0.00857 e. The predicted molar refractivity (Wildman–Crippen MR) is 34.1 cm³/mol. The molecule has 1 aliphatic carbocycles. The molecular formula is C6H13N2. The minimum absolute atomic E-state index is 0.263. The molecule has 0 spiro atoms. The lowest BCUT2D eigenvalue weighted by molar-refractivity contribution is 0.481. The van der Waals surface area contributed by atoms with Crippen molar-refractivity contribution in [2.45, 2.75) is 31.3 Å². The summed E-state index contributed by atoms with van der Waals surface area (Å²) in [7, 11) is 0. The van der Waals surface area contributed by atoms with Crippen LogP contribution in [0.25, 0.3) is 0 Å². The summed E-state index contributed by atoms with van der Waals surface area (Å²) < 4.78 is 0. The van der Waals surface area contributed by atoms with E-state index in [-0.39, 0.29) is 12.1 Å². The van der Waals surface area contributed by atoms with Gasteiger partial charge in [0.1, 0.15) is 0 Å². The standard InChI is InChI=1S/C6H13N2/c7-5-2-1-3-6(8)4-5/h4-6H,1-3,7-8H2. The van der Waals surface area contributed by atoms with Gasteiger partial charge in [0, 0.05) is 12.1 Å². The molecule has 1 saturated carbocycles. The van der Waals surface area contributed by atoms with Crippen LogP contribution in [0.2, 0.25) is 0 Å². The van der Waals surface area contributed by atoms with Crippen LogP contribution in [0.1, 0.15) is 19.3 Å². The average molecular weight is 113 g/mol. The molecule has 0 aromatic heterocycles. The Morgan fingerprint density at radius 2 is 1.62 bits per heavy atom. The van der Waals surface area contributed by atoms with Crippen LogP contribution in [0.4, 0.5) is 0 Å². The highest BCUT2D eigenvalue weighted by molar-refractivity contribution is 4.93. The van der Waals surface area contributed by atoms with E-state index in [2.05, 4.69) is 0 Å². The highest BCUT2D eigenvalue weighted by Gasteiger charge is 2.14. The Kier molecular flexibility index (Phi) is 1.86. The maximum Gasteiger partial charge on any atom is 0.00857 e.